The minimum absolute atomic E-state index is 0. The number of hydrogen-bond donors (Lipinski definition) is 2. The van der Waals surface area contributed by atoms with Gasteiger partial charge in [0.15, 0.2) is 0 Å². The van der Waals surface area contributed by atoms with E-state index >= 15 is 0 Å². The molecule has 1 saturated heterocycles. The van der Waals surface area contributed by atoms with Crippen LogP contribution >= 0.6 is 12.4 Å². The summed E-state index contributed by atoms with van der Waals surface area (Å²) in [6, 6.07) is 17.7. The number of halogens is 1. The van der Waals surface area contributed by atoms with E-state index in [1.54, 1.807) is 4.90 Å². The van der Waals surface area contributed by atoms with Crippen molar-refractivity contribution in [3.8, 4) is 0 Å². The van der Waals surface area contributed by atoms with Crippen LogP contribution in [0.4, 0.5) is 0 Å². The van der Waals surface area contributed by atoms with Crippen molar-refractivity contribution in [2.45, 2.75) is 25.0 Å². The van der Waals surface area contributed by atoms with Crippen molar-refractivity contribution >= 4 is 24.2 Å². The van der Waals surface area contributed by atoms with E-state index in [-0.39, 0.29) is 24.2 Å². The first-order valence-corrected chi connectivity index (χ1v) is 8.09. The standard InChI is InChI=1S/C19H21N3O2.ClH/c20-17(15-9-5-2-6-10-15)18(23)21-16-11-12-22(19(16)24)13-14-7-3-1-4-8-14;/h1-10,16-17H,11-13,20H2,(H,21,23);1H. The van der Waals surface area contributed by atoms with E-state index in [2.05, 4.69) is 5.32 Å². The number of carbonyl (C=O) groups excluding carboxylic acids is 2. The second-order valence-electron chi connectivity index (χ2n) is 5.98. The van der Waals surface area contributed by atoms with E-state index < -0.39 is 12.1 Å². The minimum Gasteiger partial charge on any atom is -0.343 e. The Labute approximate surface area is 153 Å². The van der Waals surface area contributed by atoms with Crippen LogP contribution in [-0.4, -0.2) is 29.3 Å². The lowest BCUT2D eigenvalue weighted by molar-refractivity contribution is -0.133. The van der Waals surface area contributed by atoms with Gasteiger partial charge in [0.2, 0.25) is 11.8 Å². The number of hydrogen-bond acceptors (Lipinski definition) is 3. The minimum atomic E-state index is -0.762. The highest BCUT2D eigenvalue weighted by molar-refractivity contribution is 5.91. The smallest absolute Gasteiger partial charge is 0.245 e. The molecule has 6 heteroatoms. The molecule has 3 rings (SSSR count). The van der Waals surface area contributed by atoms with Crippen LogP contribution in [0.25, 0.3) is 0 Å². The van der Waals surface area contributed by atoms with E-state index in [9.17, 15) is 9.59 Å². The Morgan fingerprint density at radius 3 is 2.36 bits per heavy atom. The maximum absolute atomic E-state index is 12.5. The summed E-state index contributed by atoms with van der Waals surface area (Å²) in [7, 11) is 0. The molecule has 1 fully saturated rings. The molecule has 0 radical (unpaired) electrons. The molecular formula is C19H22ClN3O2. The third-order valence-corrected chi connectivity index (χ3v) is 4.27. The average molecular weight is 360 g/mol. The number of nitrogens with one attached hydrogen (secondary N) is 1. The molecule has 2 unspecified atom stereocenters. The topological polar surface area (TPSA) is 75.4 Å². The Hall–Kier alpha value is -2.37. The highest BCUT2D eigenvalue weighted by atomic mass is 35.5. The zero-order valence-corrected chi connectivity index (χ0v) is 14.6. The monoisotopic (exact) mass is 359 g/mol. The van der Waals surface area contributed by atoms with Crippen molar-refractivity contribution in [3.05, 3.63) is 71.8 Å². The molecule has 1 aliphatic rings. The average Bonchev–Trinajstić information content (AvgIpc) is 2.96. The Morgan fingerprint density at radius 1 is 1.12 bits per heavy atom. The number of likely N-dealkylation sites (tertiary alicyclic amines) is 1. The molecule has 132 valence electrons. The number of nitrogens with zero attached hydrogens (tertiary/aromatic N) is 1. The molecular weight excluding hydrogens is 338 g/mol. The lowest BCUT2D eigenvalue weighted by Crippen LogP contribution is -2.45. The van der Waals surface area contributed by atoms with Gasteiger partial charge in [-0.25, -0.2) is 0 Å². The maximum Gasteiger partial charge on any atom is 0.245 e. The summed E-state index contributed by atoms with van der Waals surface area (Å²) < 4.78 is 0. The Kier molecular flexibility index (Phi) is 6.56. The second kappa shape index (κ2) is 8.65. The van der Waals surface area contributed by atoms with Crippen molar-refractivity contribution in [2.75, 3.05) is 6.54 Å². The summed E-state index contributed by atoms with van der Waals surface area (Å²) in [5.74, 6) is -0.367. The molecule has 2 amide bonds. The Morgan fingerprint density at radius 2 is 1.72 bits per heavy atom. The summed E-state index contributed by atoms with van der Waals surface area (Å²) in [5.41, 5.74) is 7.80. The normalized spacial score (nSPS) is 17.7. The van der Waals surface area contributed by atoms with Crippen molar-refractivity contribution in [3.63, 3.8) is 0 Å². The van der Waals surface area contributed by atoms with Gasteiger partial charge in [-0.2, -0.15) is 0 Å². The predicted octanol–water partition coefficient (Wildman–Crippen LogP) is 2.03. The lowest BCUT2D eigenvalue weighted by Gasteiger charge is -2.18. The SMILES string of the molecule is Cl.NC(C(=O)NC1CCN(Cc2ccccc2)C1=O)c1ccccc1. The van der Waals surface area contributed by atoms with Crippen molar-refractivity contribution in [1.29, 1.82) is 0 Å². The second-order valence-corrected chi connectivity index (χ2v) is 5.98. The van der Waals surface area contributed by atoms with Crippen LogP contribution in [0, 0.1) is 0 Å². The van der Waals surface area contributed by atoms with Crippen molar-refractivity contribution in [1.82, 2.24) is 10.2 Å². The van der Waals surface area contributed by atoms with Gasteiger partial charge in [0.05, 0.1) is 0 Å². The van der Waals surface area contributed by atoms with Gasteiger partial charge >= 0.3 is 0 Å². The maximum atomic E-state index is 12.5. The molecule has 0 aromatic heterocycles. The lowest BCUT2D eigenvalue weighted by atomic mass is 10.1. The molecule has 1 heterocycles. The zero-order valence-electron chi connectivity index (χ0n) is 13.8. The van der Waals surface area contributed by atoms with Gasteiger partial charge in [0.25, 0.3) is 0 Å². The summed E-state index contributed by atoms with van der Waals surface area (Å²) in [5, 5.41) is 2.79. The first-order valence-electron chi connectivity index (χ1n) is 8.09. The van der Waals surface area contributed by atoms with Crippen LogP contribution in [0.1, 0.15) is 23.6 Å². The van der Waals surface area contributed by atoms with Gasteiger partial charge in [0.1, 0.15) is 12.1 Å². The first kappa shape index (κ1) is 19.0. The summed E-state index contributed by atoms with van der Waals surface area (Å²) in [4.78, 5) is 26.6. The van der Waals surface area contributed by atoms with Crippen molar-refractivity contribution in [2.24, 2.45) is 5.73 Å². The molecule has 3 N–H and O–H groups in total. The van der Waals surface area contributed by atoms with E-state index in [0.717, 1.165) is 11.1 Å². The van der Waals surface area contributed by atoms with Crippen LogP contribution < -0.4 is 11.1 Å². The summed E-state index contributed by atoms with van der Waals surface area (Å²) in [6.07, 6.45) is 0.610. The Bertz CT molecular complexity index is 709. The molecule has 5 nitrogen and oxygen atoms in total. The number of benzene rings is 2. The van der Waals surface area contributed by atoms with Crippen molar-refractivity contribution < 1.29 is 9.59 Å². The van der Waals surface area contributed by atoms with Gasteiger partial charge in [0, 0.05) is 13.1 Å². The fraction of sp³-hybridized carbons (Fsp3) is 0.263. The van der Waals surface area contributed by atoms with Crippen LogP contribution in [0.2, 0.25) is 0 Å². The van der Waals surface area contributed by atoms with Gasteiger partial charge in [-0.15, -0.1) is 12.4 Å². The predicted molar refractivity (Wildman–Crippen MR) is 99.0 cm³/mol. The largest absolute Gasteiger partial charge is 0.343 e. The van der Waals surface area contributed by atoms with E-state index in [1.807, 2.05) is 60.7 Å². The summed E-state index contributed by atoms with van der Waals surface area (Å²) >= 11 is 0. The molecule has 1 aliphatic heterocycles. The van der Waals surface area contributed by atoms with Crippen LogP contribution in [0.15, 0.2) is 60.7 Å². The summed E-state index contributed by atoms with van der Waals surface area (Å²) in [6.45, 7) is 1.20. The Balaban J connectivity index is 0.00000225. The molecule has 0 spiro atoms. The molecule has 0 bridgehead atoms. The van der Waals surface area contributed by atoms with Gasteiger partial charge < -0.3 is 16.0 Å². The third-order valence-electron chi connectivity index (χ3n) is 4.27. The molecule has 0 saturated carbocycles. The molecule has 2 aromatic carbocycles. The molecule has 2 aromatic rings. The number of amides is 2. The van der Waals surface area contributed by atoms with E-state index in [4.69, 9.17) is 5.73 Å². The number of nitrogens with two attached hydrogens (primary N) is 1. The molecule has 25 heavy (non-hydrogen) atoms. The van der Waals surface area contributed by atoms with E-state index in [1.165, 1.54) is 0 Å². The molecule has 2 atom stereocenters. The highest BCUT2D eigenvalue weighted by Crippen LogP contribution is 2.16. The van der Waals surface area contributed by atoms with E-state index in [0.29, 0.717) is 19.5 Å². The van der Waals surface area contributed by atoms with Gasteiger partial charge in [-0.05, 0) is 17.5 Å². The van der Waals surface area contributed by atoms with Gasteiger partial charge in [-0.3, -0.25) is 9.59 Å². The highest BCUT2D eigenvalue weighted by Gasteiger charge is 2.33. The van der Waals surface area contributed by atoms with Crippen LogP contribution in [0.5, 0.6) is 0 Å². The fourth-order valence-corrected chi connectivity index (χ4v) is 2.91. The first-order chi connectivity index (χ1) is 11.6. The number of rotatable bonds is 5. The fourth-order valence-electron chi connectivity index (χ4n) is 2.91. The number of carbonyl (C=O) groups is 2. The van der Waals surface area contributed by atoms with Gasteiger partial charge in [-0.1, -0.05) is 60.7 Å². The molecule has 0 aliphatic carbocycles. The quantitative estimate of drug-likeness (QED) is 0.857. The third kappa shape index (κ3) is 4.59. The zero-order chi connectivity index (χ0) is 16.9. The van der Waals surface area contributed by atoms with Crippen LogP contribution in [-0.2, 0) is 16.1 Å². The van der Waals surface area contributed by atoms with Crippen LogP contribution in [0.3, 0.4) is 0 Å².